The maximum atomic E-state index is 12.1. The molecule has 0 amide bonds. The van der Waals surface area contributed by atoms with Crippen molar-refractivity contribution in [3.8, 4) is 0 Å². The summed E-state index contributed by atoms with van der Waals surface area (Å²) in [5.74, 6) is 0.193. The molecule has 0 aliphatic rings. The van der Waals surface area contributed by atoms with Crippen molar-refractivity contribution in [1.29, 1.82) is 0 Å². The lowest BCUT2D eigenvalue weighted by Gasteiger charge is -2.16. The standard InChI is InChI=1S/C18H20ClNO/c1-14-3-7-16(8-4-14)18(21)11-12-20(2)13-15-5-9-17(19)10-6-15/h3-10H,11-13H2,1-2H3. The molecule has 0 aromatic heterocycles. The Morgan fingerprint density at radius 1 is 1.05 bits per heavy atom. The summed E-state index contributed by atoms with van der Waals surface area (Å²) >= 11 is 5.87. The van der Waals surface area contributed by atoms with Crippen LogP contribution in [0, 0.1) is 6.92 Å². The smallest absolute Gasteiger partial charge is 0.164 e. The van der Waals surface area contributed by atoms with Gasteiger partial charge in [-0.15, -0.1) is 0 Å². The van der Waals surface area contributed by atoms with Gasteiger partial charge >= 0.3 is 0 Å². The molecule has 0 fully saturated rings. The second kappa shape index (κ2) is 7.39. The summed E-state index contributed by atoms with van der Waals surface area (Å²) in [5.41, 5.74) is 3.16. The fraction of sp³-hybridized carbons (Fsp3) is 0.278. The molecule has 2 nitrogen and oxygen atoms in total. The summed E-state index contributed by atoms with van der Waals surface area (Å²) in [6, 6.07) is 15.6. The molecule has 0 spiro atoms. The van der Waals surface area contributed by atoms with Crippen LogP contribution in [0.1, 0.15) is 27.9 Å². The number of benzene rings is 2. The maximum absolute atomic E-state index is 12.1. The van der Waals surface area contributed by atoms with E-state index < -0.39 is 0 Å². The third-order valence-corrected chi connectivity index (χ3v) is 3.71. The number of Topliss-reactive ketones (excluding diaryl/α,β-unsaturated/α-hetero) is 1. The Morgan fingerprint density at radius 3 is 2.29 bits per heavy atom. The molecular weight excluding hydrogens is 282 g/mol. The number of nitrogens with zero attached hydrogens (tertiary/aromatic N) is 1. The highest BCUT2D eigenvalue weighted by atomic mass is 35.5. The van der Waals surface area contributed by atoms with E-state index in [-0.39, 0.29) is 5.78 Å². The Kier molecular flexibility index (Phi) is 5.54. The summed E-state index contributed by atoms with van der Waals surface area (Å²) in [4.78, 5) is 14.3. The van der Waals surface area contributed by atoms with Crippen LogP contribution in [-0.2, 0) is 6.54 Å². The highest BCUT2D eigenvalue weighted by Crippen LogP contribution is 2.12. The van der Waals surface area contributed by atoms with Gasteiger partial charge in [-0.05, 0) is 31.7 Å². The molecule has 0 heterocycles. The molecule has 21 heavy (non-hydrogen) atoms. The number of carbonyl (C=O) groups is 1. The topological polar surface area (TPSA) is 20.3 Å². The average Bonchev–Trinajstić information content (AvgIpc) is 2.48. The molecule has 0 bridgehead atoms. The molecule has 3 heteroatoms. The molecule has 2 aromatic rings. The number of carbonyl (C=O) groups excluding carboxylic acids is 1. The summed E-state index contributed by atoms with van der Waals surface area (Å²) in [5, 5.41) is 0.746. The van der Waals surface area contributed by atoms with Gasteiger partial charge < -0.3 is 4.90 Å². The second-order valence-electron chi connectivity index (χ2n) is 5.40. The molecular formula is C18H20ClNO. The first-order valence-electron chi connectivity index (χ1n) is 7.07. The third kappa shape index (κ3) is 5.00. The van der Waals surface area contributed by atoms with Gasteiger partial charge in [0.15, 0.2) is 5.78 Å². The molecule has 0 aliphatic carbocycles. The Labute approximate surface area is 131 Å². The Bertz CT molecular complexity index is 590. The Morgan fingerprint density at radius 2 is 1.67 bits per heavy atom. The Hall–Kier alpha value is -1.64. The molecule has 0 atom stereocenters. The lowest BCUT2D eigenvalue weighted by atomic mass is 10.1. The highest BCUT2D eigenvalue weighted by molar-refractivity contribution is 6.30. The van der Waals surface area contributed by atoms with Crippen LogP contribution in [0.3, 0.4) is 0 Å². The fourth-order valence-electron chi connectivity index (χ4n) is 2.16. The number of aryl methyl sites for hydroxylation is 1. The molecule has 2 aromatic carbocycles. The second-order valence-corrected chi connectivity index (χ2v) is 5.84. The predicted molar refractivity (Wildman–Crippen MR) is 87.9 cm³/mol. The van der Waals surface area contributed by atoms with E-state index in [1.54, 1.807) is 0 Å². The van der Waals surface area contributed by atoms with Gasteiger partial charge in [-0.25, -0.2) is 0 Å². The fourth-order valence-corrected chi connectivity index (χ4v) is 2.28. The summed E-state index contributed by atoms with van der Waals surface area (Å²) in [6.07, 6.45) is 0.535. The number of halogens is 1. The monoisotopic (exact) mass is 301 g/mol. The van der Waals surface area contributed by atoms with Crippen molar-refractivity contribution in [2.75, 3.05) is 13.6 Å². The van der Waals surface area contributed by atoms with Gasteiger partial charge in [-0.1, -0.05) is 53.6 Å². The minimum Gasteiger partial charge on any atom is -0.302 e. The van der Waals surface area contributed by atoms with Gasteiger partial charge in [0.25, 0.3) is 0 Å². The van der Waals surface area contributed by atoms with Crippen LogP contribution < -0.4 is 0 Å². The average molecular weight is 302 g/mol. The van der Waals surface area contributed by atoms with Crippen LogP contribution >= 0.6 is 11.6 Å². The molecule has 0 unspecified atom stereocenters. The zero-order valence-corrected chi connectivity index (χ0v) is 13.2. The lowest BCUT2D eigenvalue weighted by molar-refractivity contribution is 0.0968. The van der Waals surface area contributed by atoms with E-state index in [2.05, 4.69) is 4.90 Å². The van der Waals surface area contributed by atoms with Gasteiger partial charge in [-0.3, -0.25) is 4.79 Å². The molecule has 110 valence electrons. The van der Waals surface area contributed by atoms with Crippen LogP contribution in [0.15, 0.2) is 48.5 Å². The molecule has 0 aliphatic heterocycles. The number of hydrogen-bond acceptors (Lipinski definition) is 2. The van der Waals surface area contributed by atoms with Gasteiger partial charge in [-0.2, -0.15) is 0 Å². The molecule has 0 saturated carbocycles. The van der Waals surface area contributed by atoms with E-state index in [1.165, 1.54) is 11.1 Å². The van der Waals surface area contributed by atoms with E-state index in [0.717, 1.165) is 23.7 Å². The summed E-state index contributed by atoms with van der Waals surface area (Å²) in [7, 11) is 2.02. The van der Waals surface area contributed by atoms with Crippen molar-refractivity contribution in [3.63, 3.8) is 0 Å². The zero-order valence-electron chi connectivity index (χ0n) is 12.5. The molecule has 0 N–H and O–H groups in total. The van der Waals surface area contributed by atoms with Crippen molar-refractivity contribution < 1.29 is 4.79 Å². The van der Waals surface area contributed by atoms with Crippen molar-refractivity contribution in [1.82, 2.24) is 4.90 Å². The number of rotatable bonds is 6. The molecule has 2 rings (SSSR count). The van der Waals surface area contributed by atoms with Crippen molar-refractivity contribution in [2.45, 2.75) is 19.9 Å². The van der Waals surface area contributed by atoms with E-state index in [9.17, 15) is 4.79 Å². The van der Waals surface area contributed by atoms with E-state index in [4.69, 9.17) is 11.6 Å². The van der Waals surface area contributed by atoms with Gasteiger partial charge in [0.05, 0.1) is 0 Å². The minimum absolute atomic E-state index is 0.193. The highest BCUT2D eigenvalue weighted by Gasteiger charge is 2.08. The summed E-state index contributed by atoms with van der Waals surface area (Å²) < 4.78 is 0. The summed E-state index contributed by atoms with van der Waals surface area (Å²) in [6.45, 7) is 3.59. The lowest BCUT2D eigenvalue weighted by Crippen LogP contribution is -2.21. The zero-order chi connectivity index (χ0) is 15.2. The van der Waals surface area contributed by atoms with Gasteiger partial charge in [0, 0.05) is 30.1 Å². The third-order valence-electron chi connectivity index (χ3n) is 3.46. The van der Waals surface area contributed by atoms with Gasteiger partial charge in [0.1, 0.15) is 0 Å². The van der Waals surface area contributed by atoms with Crippen molar-refractivity contribution in [3.05, 3.63) is 70.2 Å². The Balaban J connectivity index is 1.83. The van der Waals surface area contributed by atoms with Gasteiger partial charge in [0.2, 0.25) is 0 Å². The van der Waals surface area contributed by atoms with Crippen molar-refractivity contribution >= 4 is 17.4 Å². The van der Waals surface area contributed by atoms with E-state index in [1.807, 2.05) is 62.5 Å². The number of ketones is 1. The van der Waals surface area contributed by atoms with Crippen molar-refractivity contribution in [2.24, 2.45) is 0 Å². The van der Waals surface area contributed by atoms with E-state index >= 15 is 0 Å². The van der Waals surface area contributed by atoms with Crippen LogP contribution in [0.5, 0.6) is 0 Å². The van der Waals surface area contributed by atoms with Crippen LogP contribution in [0.2, 0.25) is 5.02 Å². The predicted octanol–water partition coefficient (Wildman–Crippen LogP) is 4.35. The normalized spacial score (nSPS) is 10.9. The van der Waals surface area contributed by atoms with Crippen LogP contribution in [0.25, 0.3) is 0 Å². The quantitative estimate of drug-likeness (QED) is 0.739. The van der Waals surface area contributed by atoms with E-state index in [0.29, 0.717) is 6.42 Å². The first kappa shape index (κ1) is 15.7. The first-order valence-corrected chi connectivity index (χ1v) is 7.45. The number of hydrogen-bond donors (Lipinski definition) is 0. The minimum atomic E-state index is 0.193. The molecule has 0 saturated heterocycles. The maximum Gasteiger partial charge on any atom is 0.164 e. The molecule has 0 radical (unpaired) electrons. The van der Waals surface area contributed by atoms with Crippen LogP contribution in [0.4, 0.5) is 0 Å². The SMILES string of the molecule is Cc1ccc(C(=O)CCN(C)Cc2ccc(Cl)cc2)cc1. The first-order chi connectivity index (χ1) is 10.0. The largest absolute Gasteiger partial charge is 0.302 e. The van der Waals surface area contributed by atoms with Crippen LogP contribution in [-0.4, -0.2) is 24.3 Å².